The Balaban J connectivity index is 2.71. The van der Waals surface area contributed by atoms with Crippen LogP contribution < -0.4 is 16.0 Å². The summed E-state index contributed by atoms with van der Waals surface area (Å²) in [6, 6.07) is 5.71. The van der Waals surface area contributed by atoms with E-state index >= 15 is 0 Å². The number of nitrogens with two attached hydrogens (primary N) is 1. The molecule has 0 fully saturated rings. The van der Waals surface area contributed by atoms with Crippen LogP contribution in [0.1, 0.15) is 10.5 Å². The zero-order valence-corrected chi connectivity index (χ0v) is 9.51. The Morgan fingerprint density at radius 1 is 1.44 bits per heavy atom. The minimum absolute atomic E-state index is 0.191. The van der Waals surface area contributed by atoms with Gasteiger partial charge in [-0.1, -0.05) is 0 Å². The maximum atomic E-state index is 11.3. The molecule has 0 saturated heterocycles. The molecule has 0 spiro atoms. The van der Waals surface area contributed by atoms with E-state index in [-0.39, 0.29) is 5.69 Å². The Bertz CT molecular complexity index is 657. The smallest absolute Gasteiger partial charge is 0.354 e. The molecular formula is C11H11N3O4. The SMILES string of the molecule is COc1ccc(N)cc1-n1[nH]c(=O)cc1C(=O)O. The highest BCUT2D eigenvalue weighted by Crippen LogP contribution is 2.25. The summed E-state index contributed by atoms with van der Waals surface area (Å²) in [5.74, 6) is -0.823. The predicted octanol–water partition coefficient (Wildman–Crippen LogP) is 0.455. The summed E-state index contributed by atoms with van der Waals surface area (Å²) >= 11 is 0. The van der Waals surface area contributed by atoms with Crippen molar-refractivity contribution >= 4 is 11.7 Å². The quantitative estimate of drug-likeness (QED) is 0.684. The number of ether oxygens (including phenoxy) is 1. The first-order valence-electron chi connectivity index (χ1n) is 5.02. The highest BCUT2D eigenvalue weighted by molar-refractivity contribution is 5.86. The first kappa shape index (κ1) is 11.8. The van der Waals surface area contributed by atoms with Gasteiger partial charge in [-0.15, -0.1) is 0 Å². The number of benzene rings is 1. The van der Waals surface area contributed by atoms with E-state index in [2.05, 4.69) is 5.10 Å². The van der Waals surface area contributed by atoms with Crippen LogP contribution in [0.2, 0.25) is 0 Å². The Morgan fingerprint density at radius 3 is 2.78 bits per heavy atom. The van der Waals surface area contributed by atoms with E-state index in [1.807, 2.05) is 0 Å². The van der Waals surface area contributed by atoms with Crippen molar-refractivity contribution in [2.24, 2.45) is 0 Å². The number of aromatic carboxylic acids is 1. The molecule has 1 aromatic heterocycles. The van der Waals surface area contributed by atoms with Gasteiger partial charge in [0, 0.05) is 11.8 Å². The van der Waals surface area contributed by atoms with Crippen LogP contribution in [0.3, 0.4) is 0 Å². The van der Waals surface area contributed by atoms with Gasteiger partial charge < -0.3 is 15.6 Å². The van der Waals surface area contributed by atoms with Gasteiger partial charge in [0.2, 0.25) is 0 Å². The molecule has 0 radical (unpaired) electrons. The number of nitrogens with one attached hydrogen (secondary N) is 1. The number of anilines is 1. The van der Waals surface area contributed by atoms with Gasteiger partial charge in [-0.25, -0.2) is 9.48 Å². The molecule has 0 bridgehead atoms. The molecule has 0 atom stereocenters. The van der Waals surface area contributed by atoms with Gasteiger partial charge in [0.1, 0.15) is 11.4 Å². The normalized spacial score (nSPS) is 10.3. The molecule has 0 saturated carbocycles. The third-order valence-corrected chi connectivity index (χ3v) is 2.39. The Hall–Kier alpha value is -2.70. The second-order valence-electron chi connectivity index (χ2n) is 3.58. The molecule has 1 heterocycles. The second-order valence-corrected chi connectivity index (χ2v) is 3.58. The van der Waals surface area contributed by atoms with E-state index < -0.39 is 11.5 Å². The molecule has 0 aliphatic carbocycles. The minimum atomic E-state index is -1.22. The number of hydrogen-bond acceptors (Lipinski definition) is 4. The maximum Gasteiger partial charge on any atom is 0.354 e. The fraction of sp³-hybridized carbons (Fsp3) is 0.0909. The monoisotopic (exact) mass is 249 g/mol. The van der Waals surface area contributed by atoms with Crippen molar-refractivity contribution in [2.75, 3.05) is 12.8 Å². The van der Waals surface area contributed by atoms with Crippen LogP contribution in [-0.2, 0) is 0 Å². The van der Waals surface area contributed by atoms with Crippen LogP contribution >= 0.6 is 0 Å². The number of methoxy groups -OCH3 is 1. The number of carboxylic acids is 1. The zero-order chi connectivity index (χ0) is 13.3. The molecule has 1 aromatic carbocycles. The number of aromatic amines is 1. The molecule has 2 rings (SSSR count). The molecule has 0 aliphatic heterocycles. The van der Waals surface area contributed by atoms with E-state index in [9.17, 15) is 9.59 Å². The summed E-state index contributed by atoms with van der Waals surface area (Å²) < 4.78 is 6.23. The van der Waals surface area contributed by atoms with Crippen molar-refractivity contribution in [3.63, 3.8) is 0 Å². The molecule has 7 nitrogen and oxygen atoms in total. The fourth-order valence-corrected chi connectivity index (χ4v) is 1.62. The summed E-state index contributed by atoms with van der Waals surface area (Å²) in [4.78, 5) is 22.3. The number of hydrogen-bond donors (Lipinski definition) is 3. The third kappa shape index (κ3) is 1.93. The zero-order valence-electron chi connectivity index (χ0n) is 9.51. The van der Waals surface area contributed by atoms with E-state index in [1.165, 1.54) is 13.2 Å². The van der Waals surface area contributed by atoms with Crippen molar-refractivity contribution in [3.05, 3.63) is 40.3 Å². The number of rotatable bonds is 3. The molecule has 94 valence electrons. The Morgan fingerprint density at radius 2 is 2.17 bits per heavy atom. The fourth-order valence-electron chi connectivity index (χ4n) is 1.62. The average molecular weight is 249 g/mol. The van der Waals surface area contributed by atoms with Crippen LogP contribution in [0.4, 0.5) is 5.69 Å². The van der Waals surface area contributed by atoms with Crippen LogP contribution in [0.25, 0.3) is 5.69 Å². The molecule has 2 aromatic rings. The summed E-state index contributed by atoms with van der Waals surface area (Å²) in [7, 11) is 1.44. The minimum Gasteiger partial charge on any atom is -0.494 e. The van der Waals surface area contributed by atoms with Gasteiger partial charge in [-0.05, 0) is 18.2 Å². The molecule has 0 aliphatic rings. The number of H-pyrrole nitrogens is 1. The van der Waals surface area contributed by atoms with Crippen molar-refractivity contribution in [1.82, 2.24) is 9.78 Å². The van der Waals surface area contributed by atoms with Gasteiger partial charge in [0.25, 0.3) is 5.56 Å². The first-order chi connectivity index (χ1) is 8.52. The van der Waals surface area contributed by atoms with E-state index in [1.54, 1.807) is 12.1 Å². The van der Waals surface area contributed by atoms with Gasteiger partial charge in [-0.3, -0.25) is 9.89 Å². The lowest BCUT2D eigenvalue weighted by Crippen LogP contribution is -2.10. The molecule has 18 heavy (non-hydrogen) atoms. The van der Waals surface area contributed by atoms with Crippen LogP contribution in [0.5, 0.6) is 5.75 Å². The average Bonchev–Trinajstić information content (AvgIpc) is 2.71. The van der Waals surface area contributed by atoms with Crippen molar-refractivity contribution in [2.45, 2.75) is 0 Å². The highest BCUT2D eigenvalue weighted by Gasteiger charge is 2.16. The number of carbonyl (C=O) groups is 1. The lowest BCUT2D eigenvalue weighted by Gasteiger charge is -2.11. The standard InChI is InChI=1S/C11H11N3O4/c1-18-9-3-2-6(12)4-7(9)14-8(11(16)17)5-10(15)13-14/h2-5H,12H2,1H3,(H,13,15)(H,16,17). The topological polar surface area (TPSA) is 110 Å². The van der Waals surface area contributed by atoms with Gasteiger partial charge in [0.05, 0.1) is 7.11 Å². The molecular weight excluding hydrogens is 238 g/mol. The van der Waals surface area contributed by atoms with Crippen LogP contribution in [-0.4, -0.2) is 28.0 Å². The van der Waals surface area contributed by atoms with E-state index in [0.29, 0.717) is 17.1 Å². The summed E-state index contributed by atoms with van der Waals surface area (Å²) in [5.41, 5.74) is 5.72. The summed E-state index contributed by atoms with van der Waals surface area (Å²) in [6.07, 6.45) is 0. The molecule has 4 N–H and O–H groups in total. The Kier molecular flexibility index (Phi) is 2.80. The van der Waals surface area contributed by atoms with Crippen LogP contribution in [0.15, 0.2) is 29.1 Å². The van der Waals surface area contributed by atoms with Gasteiger partial charge in [-0.2, -0.15) is 0 Å². The molecule has 7 heteroatoms. The van der Waals surface area contributed by atoms with Crippen molar-refractivity contribution in [3.8, 4) is 11.4 Å². The van der Waals surface area contributed by atoms with Crippen molar-refractivity contribution < 1.29 is 14.6 Å². The van der Waals surface area contributed by atoms with E-state index in [4.69, 9.17) is 15.6 Å². The van der Waals surface area contributed by atoms with E-state index in [0.717, 1.165) is 10.7 Å². The number of aromatic nitrogens is 2. The summed E-state index contributed by atoms with van der Waals surface area (Å²) in [5, 5.41) is 11.4. The lowest BCUT2D eigenvalue weighted by molar-refractivity contribution is 0.0687. The predicted molar refractivity (Wildman–Crippen MR) is 64.3 cm³/mol. The lowest BCUT2D eigenvalue weighted by atomic mass is 10.2. The largest absolute Gasteiger partial charge is 0.494 e. The van der Waals surface area contributed by atoms with Gasteiger partial charge >= 0.3 is 5.97 Å². The van der Waals surface area contributed by atoms with Crippen LogP contribution in [0, 0.1) is 0 Å². The number of nitrogens with zero attached hydrogens (tertiary/aromatic N) is 1. The Labute approximate surface area is 101 Å². The number of carboxylic acid groups (broad SMARTS) is 1. The molecule has 0 unspecified atom stereocenters. The summed E-state index contributed by atoms with van der Waals surface area (Å²) in [6.45, 7) is 0. The first-order valence-corrected chi connectivity index (χ1v) is 5.02. The molecule has 0 amide bonds. The third-order valence-electron chi connectivity index (χ3n) is 2.39. The second kappa shape index (κ2) is 4.28. The van der Waals surface area contributed by atoms with Crippen molar-refractivity contribution in [1.29, 1.82) is 0 Å². The maximum absolute atomic E-state index is 11.3. The highest BCUT2D eigenvalue weighted by atomic mass is 16.5. The number of nitrogen functional groups attached to an aromatic ring is 1. The van der Waals surface area contributed by atoms with Gasteiger partial charge in [0.15, 0.2) is 5.69 Å².